The second-order valence-corrected chi connectivity index (χ2v) is 40.1. The number of amides is 3. The molecule has 2 unspecified atom stereocenters. The molecular weight excluding hydrogens is 1460 g/mol. The van der Waals surface area contributed by atoms with E-state index in [-0.39, 0.29) is 75.4 Å². The Morgan fingerprint density at radius 1 is 0.576 bits per heavy atom. The Morgan fingerprint density at radius 2 is 1.01 bits per heavy atom. The Morgan fingerprint density at radius 3 is 1.45 bits per heavy atom. The van der Waals surface area contributed by atoms with Crippen molar-refractivity contribution < 1.29 is 87.2 Å². The van der Waals surface area contributed by atoms with Crippen molar-refractivity contribution in [3.8, 4) is 11.6 Å². The third kappa shape index (κ3) is 25.9. The number of Topliss-reactive ketones (excluding diaryl/α,β-unsaturated/α-hetero) is 1. The van der Waals surface area contributed by atoms with Crippen molar-refractivity contribution in [2.75, 3.05) is 43.6 Å². The van der Waals surface area contributed by atoms with Crippen LogP contribution in [0.4, 0.5) is 47.3 Å². The highest BCUT2D eigenvalue weighted by Crippen LogP contribution is 2.47. The standard InChI is InChI=1S/C35H51BrF3N3O7Si.C34H48BrF3N4O6Si/c1-23-20-26(41-31(45)48-32(3,4)5)28(42-29(23)36)27(43)21-40-30(44)34(35(37,38)39,47-22-25-14-12-11-13-15-25)17-19-46-18-16-24(2)49-50(9,10)33(6,7)8;1-22-20-25(39-30(43)47-31(3,4)5)26(40-27(22)35)28-41-42-29(46-28)33(34(36,37)38,45-21-24-14-12-11-13-15-24)17-19-44-18-16-23(2)48-49(9,10)32(6,7)8/h11-15,20,24H,16-19,21-22H2,1-10H3,(H,40,44)(H,41,45);11-15,20,23H,16-19,21H2,1-10H3,(H,39,43)/t24-,34?;23-,33?/m00/s1. The number of ether oxygens (including phenoxy) is 6. The molecule has 3 aromatic heterocycles. The van der Waals surface area contributed by atoms with Crippen LogP contribution < -0.4 is 16.0 Å². The number of rotatable bonds is 30. The molecule has 0 fully saturated rings. The van der Waals surface area contributed by atoms with Crippen LogP contribution >= 0.6 is 31.9 Å². The lowest BCUT2D eigenvalue weighted by Gasteiger charge is -2.38. The van der Waals surface area contributed by atoms with E-state index in [1.54, 1.807) is 122 Å². The zero-order chi connectivity index (χ0) is 75.0. The molecule has 99 heavy (non-hydrogen) atoms. The van der Waals surface area contributed by atoms with Gasteiger partial charge in [0.05, 0.1) is 44.3 Å². The number of benzene rings is 2. The van der Waals surface area contributed by atoms with Crippen LogP contribution in [0.25, 0.3) is 11.6 Å². The zero-order valence-electron chi connectivity index (χ0n) is 60.5. The van der Waals surface area contributed by atoms with Gasteiger partial charge in [-0.1, -0.05) is 102 Å². The lowest BCUT2D eigenvalue weighted by Crippen LogP contribution is -2.59. The third-order valence-corrected chi connectivity index (χ3v) is 27.1. The molecule has 0 aliphatic carbocycles. The van der Waals surface area contributed by atoms with Crippen molar-refractivity contribution >= 4 is 83.7 Å². The Kier molecular flexibility index (Phi) is 30.7. The molecule has 0 bridgehead atoms. The van der Waals surface area contributed by atoms with Gasteiger partial charge in [0.1, 0.15) is 26.1 Å². The van der Waals surface area contributed by atoms with Crippen LogP contribution in [-0.2, 0) is 60.9 Å². The molecule has 3 heterocycles. The Balaban J connectivity index is 0.000000420. The normalized spacial score (nSPS) is 14.6. The van der Waals surface area contributed by atoms with Crippen LogP contribution in [-0.4, -0.2) is 135 Å². The van der Waals surface area contributed by atoms with Crippen LogP contribution in [0.5, 0.6) is 0 Å². The first-order valence-electron chi connectivity index (χ1n) is 32.4. The maximum Gasteiger partial charge on any atom is 0.426 e. The fourth-order valence-electron chi connectivity index (χ4n) is 8.81. The van der Waals surface area contributed by atoms with Crippen molar-refractivity contribution in [3.05, 3.63) is 116 Å². The summed E-state index contributed by atoms with van der Waals surface area (Å²) < 4.78 is 143. The van der Waals surface area contributed by atoms with Gasteiger partial charge in [-0.15, -0.1) is 10.2 Å². The minimum atomic E-state index is -5.19. The number of pyridine rings is 2. The van der Waals surface area contributed by atoms with Gasteiger partial charge < -0.3 is 47.0 Å². The van der Waals surface area contributed by atoms with E-state index in [0.717, 1.165) is 0 Å². The highest BCUT2D eigenvalue weighted by Gasteiger charge is 2.63. The molecule has 20 nitrogen and oxygen atoms in total. The van der Waals surface area contributed by atoms with Gasteiger partial charge in [0.15, 0.2) is 22.3 Å². The van der Waals surface area contributed by atoms with Gasteiger partial charge in [0.2, 0.25) is 17.0 Å². The van der Waals surface area contributed by atoms with Gasteiger partial charge in [0, 0.05) is 38.3 Å². The molecule has 0 saturated heterocycles. The topological polar surface area (TPSA) is 243 Å². The lowest BCUT2D eigenvalue weighted by atomic mass is 9.97. The molecule has 30 heteroatoms. The molecule has 4 atom stereocenters. The van der Waals surface area contributed by atoms with Crippen molar-refractivity contribution in [3.63, 3.8) is 0 Å². The van der Waals surface area contributed by atoms with Crippen LogP contribution in [0.2, 0.25) is 36.3 Å². The molecule has 0 aliphatic heterocycles. The second kappa shape index (κ2) is 35.5. The summed E-state index contributed by atoms with van der Waals surface area (Å²) in [6.07, 6.45) is -12.8. The SMILES string of the molecule is Cc1cc(NC(=O)OC(C)(C)C)c(-c2nnc(C(CCOCC[C@H](C)O[Si](C)(C)C(C)(C)C)(OCc3ccccc3)C(F)(F)F)o2)nc1Br.Cc1cc(NC(=O)OC(C)(C)C)c(C(=O)CNC(=O)C(CCOCC[C@H](C)O[Si](C)(C)C(C)(C)C)(OCc2ccccc2)C(F)(F)F)nc1Br. The summed E-state index contributed by atoms with van der Waals surface area (Å²) >= 11 is 6.57. The van der Waals surface area contributed by atoms with E-state index in [0.29, 0.717) is 39.7 Å². The molecule has 0 spiro atoms. The molecule has 0 saturated carbocycles. The summed E-state index contributed by atoms with van der Waals surface area (Å²) in [5, 5.41) is 14.9. The van der Waals surface area contributed by atoms with E-state index in [1.807, 2.05) is 13.8 Å². The number of carbonyl (C=O) groups excluding carboxylic acids is 4. The van der Waals surface area contributed by atoms with Crippen LogP contribution in [0.15, 0.2) is 86.4 Å². The number of ketones is 1. The molecule has 3 N–H and O–H groups in total. The van der Waals surface area contributed by atoms with Crippen LogP contribution in [0, 0.1) is 13.8 Å². The smallest absolute Gasteiger partial charge is 0.426 e. The molecule has 5 rings (SSSR count). The van der Waals surface area contributed by atoms with E-state index >= 15 is 13.2 Å². The van der Waals surface area contributed by atoms with Gasteiger partial charge in [-0.3, -0.25) is 20.2 Å². The molecular formula is C69H99Br2F6N7O13Si2. The highest BCUT2D eigenvalue weighted by atomic mass is 79.9. The number of hydrogen-bond acceptors (Lipinski definition) is 17. The van der Waals surface area contributed by atoms with Gasteiger partial charge in [0.25, 0.3) is 17.7 Å². The third-order valence-electron chi connectivity index (χ3n) is 16.3. The Bertz CT molecular complexity index is 3460. The molecule has 5 aromatic rings. The highest BCUT2D eigenvalue weighted by molar-refractivity contribution is 9.10. The first-order valence-corrected chi connectivity index (χ1v) is 39.8. The molecule has 552 valence electrons. The predicted molar refractivity (Wildman–Crippen MR) is 378 cm³/mol. The number of hydrogen-bond donors (Lipinski definition) is 3. The maximum atomic E-state index is 15.2. The number of alkyl halides is 6. The van der Waals surface area contributed by atoms with E-state index in [2.05, 4.69) is 136 Å². The van der Waals surface area contributed by atoms with Gasteiger partial charge >= 0.3 is 24.5 Å². The van der Waals surface area contributed by atoms with Crippen molar-refractivity contribution in [1.82, 2.24) is 25.5 Å². The summed E-state index contributed by atoms with van der Waals surface area (Å²) in [4.78, 5) is 60.5. The fourth-order valence-corrected chi connectivity index (χ4v) is 12.3. The summed E-state index contributed by atoms with van der Waals surface area (Å²) in [6.45, 7) is 36.3. The monoisotopic (exact) mass is 1560 g/mol. The molecule has 2 aromatic carbocycles. The molecule has 0 aliphatic rings. The van der Waals surface area contributed by atoms with Crippen LogP contribution in [0.3, 0.4) is 0 Å². The maximum absolute atomic E-state index is 15.2. The average molecular weight is 1560 g/mol. The summed E-state index contributed by atoms with van der Waals surface area (Å²) in [7, 11) is -4.08. The lowest BCUT2D eigenvalue weighted by molar-refractivity contribution is -0.302. The van der Waals surface area contributed by atoms with Crippen molar-refractivity contribution in [2.24, 2.45) is 0 Å². The number of carbonyl (C=O) groups is 4. The van der Waals surface area contributed by atoms with Gasteiger partial charge in [-0.2, -0.15) is 26.3 Å². The summed E-state index contributed by atoms with van der Waals surface area (Å²) in [5.74, 6) is -3.63. The van der Waals surface area contributed by atoms with E-state index in [9.17, 15) is 32.3 Å². The number of halogens is 8. The number of aryl methyl sites for hydroxylation is 2. The zero-order valence-corrected chi connectivity index (χ0v) is 65.7. The minimum Gasteiger partial charge on any atom is -0.444 e. The van der Waals surface area contributed by atoms with Crippen LogP contribution in [0.1, 0.15) is 161 Å². The second-order valence-electron chi connectivity index (χ2n) is 29.1. The summed E-state index contributed by atoms with van der Waals surface area (Å²) in [5.41, 5.74) is -6.22. The summed E-state index contributed by atoms with van der Waals surface area (Å²) in [6, 6.07) is 19.6. The quantitative estimate of drug-likeness (QED) is 0.0127. The van der Waals surface area contributed by atoms with Gasteiger partial charge in [-0.25, -0.2) is 19.6 Å². The number of aromatic nitrogens is 4. The number of nitrogens with zero attached hydrogens (tertiary/aromatic N) is 4. The Labute approximate surface area is 597 Å². The van der Waals surface area contributed by atoms with Crippen molar-refractivity contribution in [1.29, 1.82) is 0 Å². The Hall–Kier alpha value is -5.71. The van der Waals surface area contributed by atoms with Crippen molar-refractivity contribution in [2.45, 2.75) is 233 Å². The minimum absolute atomic E-state index is 0.0124. The van der Waals surface area contributed by atoms with E-state index < -0.39 is 120 Å². The first kappa shape index (κ1) is 85.7. The first-order chi connectivity index (χ1) is 45.4. The molecule has 0 radical (unpaired) electrons. The van der Waals surface area contributed by atoms with E-state index in [4.69, 9.17) is 41.7 Å². The number of nitrogens with one attached hydrogen (secondary N) is 3. The largest absolute Gasteiger partial charge is 0.444 e. The fraction of sp³-hybridized carbons (Fsp3) is 0.594. The number of anilines is 2. The average Bonchev–Trinajstić information content (AvgIpc) is 1.73. The molecule has 3 amide bonds. The predicted octanol–water partition coefficient (Wildman–Crippen LogP) is 18.3. The van der Waals surface area contributed by atoms with Gasteiger partial charge in [-0.05, 0) is 185 Å². The van der Waals surface area contributed by atoms with E-state index in [1.165, 1.54) is 6.07 Å².